The van der Waals surface area contributed by atoms with E-state index in [9.17, 15) is 9.59 Å². The Kier molecular flexibility index (Phi) is 17.4. The van der Waals surface area contributed by atoms with Crippen LogP contribution in [0.15, 0.2) is 18.2 Å². The van der Waals surface area contributed by atoms with Crippen molar-refractivity contribution < 1.29 is 43.4 Å². The molecule has 13 heteroatoms. The van der Waals surface area contributed by atoms with Gasteiger partial charge in [0, 0.05) is 17.8 Å². The Hall–Kier alpha value is -2.39. The third-order valence-electron chi connectivity index (χ3n) is 4.29. The van der Waals surface area contributed by atoms with E-state index in [0.717, 1.165) is 11.3 Å². The zero-order valence-electron chi connectivity index (χ0n) is 19.9. The van der Waals surface area contributed by atoms with Crippen molar-refractivity contribution in [3.05, 3.63) is 29.3 Å². The number of nitrogens with two attached hydrogens (primary N) is 1. The van der Waals surface area contributed by atoms with E-state index in [-0.39, 0.29) is 37.3 Å². The maximum absolute atomic E-state index is 12.1. The minimum atomic E-state index is -0.886. The average molecular weight is 518 g/mol. The highest BCUT2D eigenvalue weighted by molar-refractivity contribution is 7.80. The first-order chi connectivity index (χ1) is 16.9. The molecule has 1 rings (SSSR count). The van der Waals surface area contributed by atoms with Gasteiger partial charge >= 0.3 is 5.97 Å². The zero-order valence-corrected chi connectivity index (χ0v) is 20.7. The molecule has 0 aliphatic rings. The van der Waals surface area contributed by atoms with Crippen LogP contribution in [0.25, 0.3) is 0 Å². The van der Waals surface area contributed by atoms with Gasteiger partial charge < -0.3 is 35.1 Å². The molecule has 0 unspecified atom stereocenters. The fourth-order valence-electron chi connectivity index (χ4n) is 2.62. The second kappa shape index (κ2) is 19.9. The molecule has 0 aliphatic heterocycles. The lowest BCUT2D eigenvalue weighted by atomic mass is 10.1. The molecule has 0 atom stereocenters. The maximum Gasteiger partial charge on any atom is 0.305 e. The van der Waals surface area contributed by atoms with Crippen LogP contribution in [0.1, 0.15) is 22.3 Å². The largest absolute Gasteiger partial charge is 0.481 e. The molecule has 1 amide bonds. The Balaban J connectivity index is 1.92. The van der Waals surface area contributed by atoms with Gasteiger partial charge in [-0.25, -0.2) is 9.78 Å². The highest BCUT2D eigenvalue weighted by atomic mass is 32.1. The quantitative estimate of drug-likeness (QED) is 0.0790. The minimum Gasteiger partial charge on any atom is -0.481 e. The molecule has 0 radical (unpaired) electrons. The summed E-state index contributed by atoms with van der Waals surface area (Å²) in [5.41, 5.74) is 7.45. The van der Waals surface area contributed by atoms with Gasteiger partial charge in [0.15, 0.2) is 5.11 Å². The van der Waals surface area contributed by atoms with Crippen LogP contribution in [-0.4, -0.2) is 94.7 Å². The number of carbonyl (C=O) groups is 2. The van der Waals surface area contributed by atoms with Crippen molar-refractivity contribution >= 4 is 34.9 Å². The average Bonchev–Trinajstić information content (AvgIpc) is 2.80. The summed E-state index contributed by atoms with van der Waals surface area (Å²) in [7, 11) is 0. The number of anilines is 1. The lowest BCUT2D eigenvalue weighted by molar-refractivity contribution is -0.303. The Bertz CT molecular complexity index is 768. The molecule has 0 aliphatic carbocycles. The normalized spacial score (nSPS) is 10.8. The molecule has 0 saturated heterocycles. The van der Waals surface area contributed by atoms with Gasteiger partial charge in [-0.2, -0.15) is 0 Å². The second-order valence-electron chi connectivity index (χ2n) is 6.96. The van der Waals surface area contributed by atoms with Crippen molar-refractivity contribution in [1.29, 1.82) is 0 Å². The molecule has 198 valence electrons. The summed E-state index contributed by atoms with van der Waals surface area (Å²) in [6, 6.07) is 5.35. The van der Waals surface area contributed by atoms with Gasteiger partial charge in [-0.15, -0.1) is 0 Å². The summed E-state index contributed by atoms with van der Waals surface area (Å²) in [6.07, 6.45) is -0.0156. The van der Waals surface area contributed by atoms with Crippen molar-refractivity contribution in [3.8, 4) is 0 Å². The van der Waals surface area contributed by atoms with E-state index in [0.29, 0.717) is 58.4 Å². The molecular formula is C22H35N3O9S. The molecule has 5 N–H and O–H groups in total. The monoisotopic (exact) mass is 517 g/mol. The lowest BCUT2D eigenvalue weighted by Crippen LogP contribution is -2.35. The molecule has 12 nitrogen and oxygen atoms in total. The Morgan fingerprint density at radius 1 is 0.886 bits per heavy atom. The number of nitrogens with one attached hydrogen (secondary N) is 2. The third kappa shape index (κ3) is 16.0. The van der Waals surface area contributed by atoms with Gasteiger partial charge in [0.25, 0.3) is 5.91 Å². The third-order valence-corrected chi connectivity index (χ3v) is 4.39. The topological polar surface area (TPSA) is 160 Å². The van der Waals surface area contributed by atoms with Crippen LogP contribution < -0.4 is 16.4 Å². The first-order valence-corrected chi connectivity index (χ1v) is 11.5. The molecule has 0 aromatic heterocycles. The Labute approximate surface area is 210 Å². The molecule has 0 spiro atoms. The van der Waals surface area contributed by atoms with Gasteiger partial charge in [-0.3, -0.25) is 14.9 Å². The maximum atomic E-state index is 12.1. The number of amides is 1. The van der Waals surface area contributed by atoms with Crippen molar-refractivity contribution in [2.75, 3.05) is 77.9 Å². The van der Waals surface area contributed by atoms with E-state index in [1.165, 1.54) is 0 Å². The standard InChI is InChI=1S/C22H35N3O9S/c1-17-18(21(28)25-22(23)35)3-2-4-19(17)24-6-8-30-13-15-33-34-16-14-32-12-11-31-10-9-29-7-5-20(26)27/h2-4,24H,5-16H2,1H3,(H,26,27)(H3,23,25,28,35). The van der Waals surface area contributed by atoms with Crippen LogP contribution in [-0.2, 0) is 33.5 Å². The summed E-state index contributed by atoms with van der Waals surface area (Å²) in [5, 5.41) is 14.0. The van der Waals surface area contributed by atoms with Crippen molar-refractivity contribution in [3.63, 3.8) is 0 Å². The number of aliphatic carboxylic acids is 1. The van der Waals surface area contributed by atoms with E-state index < -0.39 is 5.97 Å². The number of carboxylic acids is 1. The number of carboxylic acid groups (broad SMARTS) is 1. The number of ether oxygens (including phenoxy) is 4. The molecule has 0 saturated carbocycles. The van der Waals surface area contributed by atoms with Gasteiger partial charge in [0.05, 0.1) is 59.3 Å². The van der Waals surface area contributed by atoms with Gasteiger partial charge in [-0.05, 0) is 36.8 Å². The first-order valence-electron chi connectivity index (χ1n) is 11.1. The Morgan fingerprint density at radius 2 is 1.43 bits per heavy atom. The van der Waals surface area contributed by atoms with E-state index in [1.807, 2.05) is 13.0 Å². The predicted octanol–water partition coefficient (Wildman–Crippen LogP) is 0.870. The van der Waals surface area contributed by atoms with Crippen LogP contribution in [0.3, 0.4) is 0 Å². The van der Waals surface area contributed by atoms with Crippen LogP contribution in [0.5, 0.6) is 0 Å². The highest BCUT2D eigenvalue weighted by Gasteiger charge is 2.11. The minimum absolute atomic E-state index is 0.0156. The summed E-state index contributed by atoms with van der Waals surface area (Å²) >= 11 is 4.70. The second-order valence-corrected chi connectivity index (χ2v) is 7.40. The fraction of sp³-hybridized carbons (Fsp3) is 0.591. The fourth-order valence-corrected chi connectivity index (χ4v) is 2.71. The number of hydrogen-bond acceptors (Lipinski definition) is 10. The van der Waals surface area contributed by atoms with E-state index >= 15 is 0 Å². The highest BCUT2D eigenvalue weighted by Crippen LogP contribution is 2.18. The molecule has 35 heavy (non-hydrogen) atoms. The van der Waals surface area contributed by atoms with Crippen LogP contribution in [0.2, 0.25) is 0 Å². The van der Waals surface area contributed by atoms with Gasteiger partial charge in [0.1, 0.15) is 13.2 Å². The number of hydrogen-bond donors (Lipinski definition) is 4. The van der Waals surface area contributed by atoms with Crippen LogP contribution >= 0.6 is 12.2 Å². The van der Waals surface area contributed by atoms with Crippen LogP contribution in [0, 0.1) is 6.92 Å². The van der Waals surface area contributed by atoms with Gasteiger partial charge in [0.2, 0.25) is 0 Å². The Morgan fingerprint density at radius 3 is 2.00 bits per heavy atom. The molecule has 0 fully saturated rings. The van der Waals surface area contributed by atoms with Crippen molar-refractivity contribution in [2.24, 2.45) is 5.73 Å². The summed E-state index contributed by atoms with van der Waals surface area (Å²) in [6.45, 7) is 5.81. The van der Waals surface area contributed by atoms with E-state index in [1.54, 1.807) is 12.1 Å². The number of thiocarbonyl (C=S) groups is 1. The van der Waals surface area contributed by atoms with E-state index in [2.05, 4.69) is 10.6 Å². The van der Waals surface area contributed by atoms with Crippen molar-refractivity contribution in [2.45, 2.75) is 13.3 Å². The SMILES string of the molecule is Cc1c(NCCOCCOOCCOCCOCCOCCC(=O)O)cccc1C(=O)NC(N)=S. The molecule has 0 bridgehead atoms. The van der Waals surface area contributed by atoms with E-state index in [4.69, 9.17) is 51.8 Å². The lowest BCUT2D eigenvalue weighted by Gasteiger charge is -2.13. The molecule has 0 heterocycles. The first kappa shape index (κ1) is 30.6. The zero-order chi connectivity index (χ0) is 25.7. The molecular weight excluding hydrogens is 482 g/mol. The molecule has 1 aromatic carbocycles. The smallest absolute Gasteiger partial charge is 0.305 e. The summed E-state index contributed by atoms with van der Waals surface area (Å²) in [5.74, 6) is -1.23. The van der Waals surface area contributed by atoms with Gasteiger partial charge in [-0.1, -0.05) is 6.07 Å². The van der Waals surface area contributed by atoms with Crippen LogP contribution in [0.4, 0.5) is 5.69 Å². The number of rotatable bonds is 21. The summed E-state index contributed by atoms with van der Waals surface area (Å²) < 4.78 is 21.2. The van der Waals surface area contributed by atoms with Crippen molar-refractivity contribution in [1.82, 2.24) is 5.32 Å². The summed E-state index contributed by atoms with van der Waals surface area (Å²) in [4.78, 5) is 32.4. The predicted molar refractivity (Wildman–Crippen MR) is 131 cm³/mol. The number of benzene rings is 1. The molecule has 1 aromatic rings. The number of carbonyl (C=O) groups excluding carboxylic acids is 1.